The summed E-state index contributed by atoms with van der Waals surface area (Å²) in [6.45, 7) is 5.88. The molecule has 0 aliphatic heterocycles. The lowest BCUT2D eigenvalue weighted by Gasteiger charge is -2.26. The summed E-state index contributed by atoms with van der Waals surface area (Å²) < 4.78 is 17.6. The third kappa shape index (κ3) is 6.09. The number of carboxylic acid groups (broad SMARTS) is 1. The van der Waals surface area contributed by atoms with Crippen LogP contribution in [0.25, 0.3) is 11.5 Å². The molecular formula is C29H29NO5. The lowest BCUT2D eigenvalue weighted by Crippen LogP contribution is -2.43. The molecule has 0 saturated carbocycles. The van der Waals surface area contributed by atoms with Gasteiger partial charge in [-0.05, 0) is 68.3 Å². The van der Waals surface area contributed by atoms with Gasteiger partial charge in [-0.2, -0.15) is 0 Å². The first-order chi connectivity index (χ1) is 16.8. The van der Waals surface area contributed by atoms with Gasteiger partial charge in [-0.25, -0.2) is 9.78 Å². The number of aryl methyl sites for hydroxylation is 2. The second kappa shape index (κ2) is 10.5. The Morgan fingerprint density at radius 2 is 1.71 bits per heavy atom. The SMILES string of the molecule is Cc1cccc(OC(C)(Cc2ccc(OCCc3nc(-c4ccccc4)oc3C)cc2)C(=O)O)c1. The van der Waals surface area contributed by atoms with Gasteiger partial charge >= 0.3 is 5.97 Å². The van der Waals surface area contributed by atoms with Crippen molar-refractivity contribution in [3.8, 4) is 23.0 Å². The monoisotopic (exact) mass is 471 g/mol. The minimum absolute atomic E-state index is 0.219. The molecule has 0 amide bonds. The van der Waals surface area contributed by atoms with Gasteiger partial charge in [0.15, 0.2) is 0 Å². The highest BCUT2D eigenvalue weighted by Gasteiger charge is 2.36. The average molecular weight is 472 g/mol. The first kappa shape index (κ1) is 24.1. The molecule has 35 heavy (non-hydrogen) atoms. The lowest BCUT2D eigenvalue weighted by atomic mass is 9.96. The van der Waals surface area contributed by atoms with Crippen LogP contribution in [0.4, 0.5) is 0 Å². The zero-order chi connectivity index (χ0) is 24.8. The van der Waals surface area contributed by atoms with Crippen LogP contribution in [0.3, 0.4) is 0 Å². The van der Waals surface area contributed by atoms with Gasteiger partial charge in [-0.1, -0.05) is 42.5 Å². The van der Waals surface area contributed by atoms with Gasteiger partial charge in [0, 0.05) is 18.4 Å². The van der Waals surface area contributed by atoms with Gasteiger partial charge in [0.1, 0.15) is 17.3 Å². The van der Waals surface area contributed by atoms with Gasteiger partial charge in [0.25, 0.3) is 0 Å². The van der Waals surface area contributed by atoms with E-state index in [0.29, 0.717) is 30.4 Å². The van der Waals surface area contributed by atoms with E-state index in [1.807, 2.05) is 86.6 Å². The molecule has 1 unspecified atom stereocenters. The molecule has 0 aliphatic carbocycles. The number of hydrogen-bond donors (Lipinski definition) is 1. The zero-order valence-electron chi connectivity index (χ0n) is 20.2. The molecule has 3 aromatic carbocycles. The van der Waals surface area contributed by atoms with Crippen LogP contribution in [0.15, 0.2) is 83.3 Å². The predicted molar refractivity (Wildman–Crippen MR) is 134 cm³/mol. The minimum Gasteiger partial charge on any atom is -0.493 e. The van der Waals surface area contributed by atoms with Crippen molar-refractivity contribution in [1.82, 2.24) is 4.98 Å². The van der Waals surface area contributed by atoms with Crippen molar-refractivity contribution in [2.24, 2.45) is 0 Å². The Kier molecular flexibility index (Phi) is 7.20. The molecule has 1 heterocycles. The standard InChI is InChI=1S/C29H29NO5/c1-20-8-7-11-25(18-20)35-29(3,28(31)32)19-22-12-14-24(15-13-22)33-17-16-26-21(2)34-27(30-26)23-9-5-4-6-10-23/h4-15,18H,16-17,19H2,1-3H3,(H,31,32). The van der Waals surface area contributed by atoms with Gasteiger partial charge in [-0.15, -0.1) is 0 Å². The van der Waals surface area contributed by atoms with Crippen molar-refractivity contribution in [3.05, 3.63) is 101 Å². The topological polar surface area (TPSA) is 81.8 Å². The molecular weight excluding hydrogens is 442 g/mol. The van der Waals surface area contributed by atoms with E-state index < -0.39 is 11.6 Å². The predicted octanol–water partition coefficient (Wildman–Crippen LogP) is 6.04. The number of aromatic nitrogens is 1. The maximum atomic E-state index is 12.0. The fourth-order valence-electron chi connectivity index (χ4n) is 3.82. The van der Waals surface area contributed by atoms with Crippen molar-refractivity contribution >= 4 is 5.97 Å². The molecule has 1 aromatic heterocycles. The van der Waals surface area contributed by atoms with Gasteiger partial charge < -0.3 is 19.0 Å². The molecule has 0 spiro atoms. The summed E-state index contributed by atoms with van der Waals surface area (Å²) in [7, 11) is 0. The Morgan fingerprint density at radius 3 is 2.40 bits per heavy atom. The fraction of sp³-hybridized carbons (Fsp3) is 0.241. The largest absolute Gasteiger partial charge is 0.493 e. The van der Waals surface area contributed by atoms with Crippen molar-refractivity contribution in [2.45, 2.75) is 39.2 Å². The zero-order valence-corrected chi connectivity index (χ0v) is 20.2. The first-order valence-electron chi connectivity index (χ1n) is 11.5. The molecule has 0 bridgehead atoms. The van der Waals surface area contributed by atoms with Crippen LogP contribution in [-0.2, 0) is 17.6 Å². The maximum Gasteiger partial charge on any atom is 0.348 e. The van der Waals surface area contributed by atoms with Gasteiger partial charge in [0.05, 0.1) is 12.3 Å². The van der Waals surface area contributed by atoms with Crippen molar-refractivity contribution in [3.63, 3.8) is 0 Å². The van der Waals surface area contributed by atoms with Crippen LogP contribution in [0.5, 0.6) is 11.5 Å². The Balaban J connectivity index is 1.35. The molecule has 0 radical (unpaired) electrons. The number of oxazole rings is 1. The number of ether oxygens (including phenoxy) is 2. The van der Waals surface area contributed by atoms with E-state index in [2.05, 4.69) is 4.98 Å². The lowest BCUT2D eigenvalue weighted by molar-refractivity contribution is -0.153. The molecule has 6 heteroatoms. The van der Waals surface area contributed by atoms with Crippen LogP contribution < -0.4 is 9.47 Å². The summed E-state index contributed by atoms with van der Waals surface area (Å²) in [5, 5.41) is 9.84. The van der Waals surface area contributed by atoms with E-state index in [9.17, 15) is 9.90 Å². The molecule has 6 nitrogen and oxygen atoms in total. The Morgan fingerprint density at radius 1 is 0.971 bits per heavy atom. The van der Waals surface area contributed by atoms with Crippen molar-refractivity contribution < 1.29 is 23.8 Å². The van der Waals surface area contributed by atoms with E-state index in [1.54, 1.807) is 13.0 Å². The van der Waals surface area contributed by atoms with E-state index in [4.69, 9.17) is 13.9 Å². The second-order valence-corrected chi connectivity index (χ2v) is 8.76. The third-order valence-corrected chi connectivity index (χ3v) is 5.77. The summed E-state index contributed by atoms with van der Waals surface area (Å²) in [6.07, 6.45) is 0.836. The van der Waals surface area contributed by atoms with Crippen LogP contribution in [0.2, 0.25) is 0 Å². The number of carbonyl (C=O) groups is 1. The molecule has 0 aliphatic rings. The minimum atomic E-state index is -1.39. The van der Waals surface area contributed by atoms with Crippen LogP contribution in [-0.4, -0.2) is 28.3 Å². The highest BCUT2D eigenvalue weighted by Crippen LogP contribution is 2.25. The van der Waals surface area contributed by atoms with E-state index in [1.165, 1.54) is 0 Å². The molecule has 180 valence electrons. The fourth-order valence-corrected chi connectivity index (χ4v) is 3.82. The molecule has 4 aromatic rings. The Labute approximate surface area is 205 Å². The molecule has 0 saturated heterocycles. The Bertz CT molecular complexity index is 1280. The number of hydrogen-bond acceptors (Lipinski definition) is 5. The summed E-state index contributed by atoms with van der Waals surface area (Å²) in [5.74, 6) is 1.61. The summed E-state index contributed by atoms with van der Waals surface area (Å²) in [5.41, 5.74) is 2.27. The normalized spacial score (nSPS) is 12.7. The van der Waals surface area contributed by atoms with Crippen LogP contribution >= 0.6 is 0 Å². The van der Waals surface area contributed by atoms with Crippen LogP contribution in [0.1, 0.15) is 29.5 Å². The number of rotatable bonds is 10. The quantitative estimate of drug-likeness (QED) is 0.303. The van der Waals surface area contributed by atoms with E-state index in [-0.39, 0.29) is 6.42 Å². The highest BCUT2D eigenvalue weighted by atomic mass is 16.5. The van der Waals surface area contributed by atoms with Crippen molar-refractivity contribution in [1.29, 1.82) is 0 Å². The highest BCUT2D eigenvalue weighted by molar-refractivity contribution is 5.78. The maximum absolute atomic E-state index is 12.0. The number of aliphatic carboxylic acids is 1. The van der Waals surface area contributed by atoms with Gasteiger partial charge in [-0.3, -0.25) is 0 Å². The second-order valence-electron chi connectivity index (χ2n) is 8.76. The molecule has 0 fully saturated rings. The molecule has 1 atom stereocenters. The molecule has 1 N–H and O–H groups in total. The number of benzene rings is 3. The van der Waals surface area contributed by atoms with Crippen molar-refractivity contribution in [2.75, 3.05) is 6.61 Å². The number of carboxylic acids is 1. The smallest absolute Gasteiger partial charge is 0.348 e. The molecule has 4 rings (SSSR count). The van der Waals surface area contributed by atoms with E-state index >= 15 is 0 Å². The van der Waals surface area contributed by atoms with Gasteiger partial charge in [0.2, 0.25) is 11.5 Å². The summed E-state index contributed by atoms with van der Waals surface area (Å²) in [4.78, 5) is 16.6. The summed E-state index contributed by atoms with van der Waals surface area (Å²) >= 11 is 0. The van der Waals surface area contributed by atoms with E-state index in [0.717, 1.165) is 28.1 Å². The first-order valence-corrected chi connectivity index (χ1v) is 11.5. The third-order valence-electron chi connectivity index (χ3n) is 5.77. The average Bonchev–Trinajstić information content (AvgIpc) is 3.21. The Hall–Kier alpha value is -4.06. The number of nitrogens with zero attached hydrogens (tertiary/aromatic N) is 1. The summed E-state index contributed by atoms with van der Waals surface area (Å²) in [6, 6.07) is 24.6. The van der Waals surface area contributed by atoms with Crippen LogP contribution in [0, 0.1) is 13.8 Å².